The van der Waals surface area contributed by atoms with Crippen molar-refractivity contribution >= 4 is 10.2 Å². The van der Waals surface area contributed by atoms with Gasteiger partial charge in [0.1, 0.15) is 0 Å². The van der Waals surface area contributed by atoms with E-state index >= 15 is 0 Å². The summed E-state index contributed by atoms with van der Waals surface area (Å²) in [6, 6.07) is 0. The van der Waals surface area contributed by atoms with Gasteiger partial charge in [0.2, 0.25) is 0 Å². The second kappa shape index (κ2) is 5.62. The van der Waals surface area contributed by atoms with E-state index in [4.69, 9.17) is 0 Å². The minimum atomic E-state index is -3.42. The van der Waals surface area contributed by atoms with Crippen LogP contribution >= 0.6 is 0 Å². The van der Waals surface area contributed by atoms with Crippen molar-refractivity contribution in [1.82, 2.24) is 13.9 Å². The van der Waals surface area contributed by atoms with Crippen LogP contribution in [-0.2, 0) is 10.2 Å². The molecule has 0 spiro atoms. The second-order valence-corrected chi connectivity index (χ2v) is 6.92. The zero-order valence-electron chi connectivity index (χ0n) is 10.8. The van der Waals surface area contributed by atoms with Crippen molar-refractivity contribution in [3.8, 4) is 0 Å². The molecule has 0 aromatic carbocycles. The summed E-state index contributed by atoms with van der Waals surface area (Å²) in [7, 11) is 0.249. The lowest BCUT2D eigenvalue weighted by Crippen LogP contribution is -2.50. The Bertz CT molecular complexity index is 335. The Morgan fingerprint density at radius 1 is 1.35 bits per heavy atom. The number of hydrogen-bond donors (Lipinski definition) is 2. The van der Waals surface area contributed by atoms with Gasteiger partial charge in [0.15, 0.2) is 0 Å². The summed E-state index contributed by atoms with van der Waals surface area (Å²) in [5, 5.41) is 10.0. The highest BCUT2D eigenvalue weighted by molar-refractivity contribution is 7.87. The van der Waals surface area contributed by atoms with Crippen LogP contribution in [-0.4, -0.2) is 68.6 Å². The van der Waals surface area contributed by atoms with Gasteiger partial charge in [0.05, 0.1) is 5.60 Å². The molecule has 1 saturated heterocycles. The summed E-state index contributed by atoms with van der Waals surface area (Å²) in [5.74, 6) is 0. The van der Waals surface area contributed by atoms with E-state index in [-0.39, 0.29) is 6.54 Å². The van der Waals surface area contributed by atoms with Crippen LogP contribution in [0.3, 0.4) is 0 Å². The highest BCUT2D eigenvalue weighted by Gasteiger charge is 2.29. The molecule has 1 aliphatic heterocycles. The Morgan fingerprint density at radius 2 is 1.88 bits per heavy atom. The summed E-state index contributed by atoms with van der Waals surface area (Å²) in [6.07, 6.45) is 1.82. The molecule has 0 aromatic heterocycles. The molecule has 1 heterocycles. The van der Waals surface area contributed by atoms with Crippen LogP contribution in [0.4, 0.5) is 0 Å². The van der Waals surface area contributed by atoms with Gasteiger partial charge in [0, 0.05) is 26.2 Å². The molecule has 0 aliphatic carbocycles. The van der Waals surface area contributed by atoms with Crippen LogP contribution in [0, 0.1) is 0 Å². The molecule has 1 rings (SSSR count). The van der Waals surface area contributed by atoms with E-state index in [2.05, 4.69) is 4.72 Å². The monoisotopic (exact) mass is 265 g/mol. The van der Waals surface area contributed by atoms with Gasteiger partial charge in [-0.25, -0.2) is 0 Å². The van der Waals surface area contributed by atoms with Crippen molar-refractivity contribution in [3.05, 3.63) is 0 Å². The van der Waals surface area contributed by atoms with Gasteiger partial charge < -0.3 is 10.0 Å². The largest absolute Gasteiger partial charge is 0.387 e. The fourth-order valence-corrected chi connectivity index (χ4v) is 3.42. The topological polar surface area (TPSA) is 72.9 Å². The molecule has 2 N–H and O–H groups in total. The lowest BCUT2D eigenvalue weighted by atomic mass is 10.1. The van der Waals surface area contributed by atoms with Crippen LogP contribution < -0.4 is 4.72 Å². The Balaban J connectivity index is 2.48. The quantitative estimate of drug-likeness (QED) is 0.661. The number of likely N-dealkylation sites (N-methyl/N-ethyl adjacent to an activating group) is 1. The Labute approximate surface area is 104 Å². The molecule has 1 atom stereocenters. The van der Waals surface area contributed by atoms with Crippen LogP contribution in [0.2, 0.25) is 0 Å². The van der Waals surface area contributed by atoms with Crippen LogP contribution in [0.25, 0.3) is 0 Å². The molecule has 102 valence electrons. The predicted octanol–water partition coefficient (Wildman–Crippen LogP) is -0.771. The second-order valence-electron chi connectivity index (χ2n) is 5.17. The van der Waals surface area contributed by atoms with Gasteiger partial charge in [0.25, 0.3) is 10.2 Å². The maximum atomic E-state index is 11.9. The van der Waals surface area contributed by atoms with Crippen molar-refractivity contribution in [3.63, 3.8) is 0 Å². The van der Waals surface area contributed by atoms with Gasteiger partial charge in [-0.1, -0.05) is 0 Å². The highest BCUT2D eigenvalue weighted by atomic mass is 32.2. The van der Waals surface area contributed by atoms with Crippen molar-refractivity contribution < 1.29 is 13.5 Å². The first kappa shape index (κ1) is 14.8. The smallest absolute Gasteiger partial charge is 0.279 e. The van der Waals surface area contributed by atoms with Crippen molar-refractivity contribution in [2.45, 2.75) is 25.4 Å². The van der Waals surface area contributed by atoms with Crippen molar-refractivity contribution in [2.75, 3.05) is 40.3 Å². The maximum Gasteiger partial charge on any atom is 0.279 e. The van der Waals surface area contributed by atoms with Crippen molar-refractivity contribution in [2.24, 2.45) is 0 Å². The van der Waals surface area contributed by atoms with E-state index in [1.54, 1.807) is 6.92 Å². The fraction of sp³-hybridized carbons (Fsp3) is 1.00. The van der Waals surface area contributed by atoms with E-state index in [9.17, 15) is 13.5 Å². The normalized spacial score (nSPS) is 21.9. The first-order valence-corrected chi connectivity index (χ1v) is 7.29. The predicted molar refractivity (Wildman–Crippen MR) is 66.9 cm³/mol. The number of hydrogen-bond acceptors (Lipinski definition) is 4. The third-order valence-electron chi connectivity index (χ3n) is 2.70. The van der Waals surface area contributed by atoms with E-state index in [1.165, 1.54) is 4.31 Å². The van der Waals surface area contributed by atoms with Crippen LogP contribution in [0.1, 0.15) is 19.8 Å². The summed E-state index contributed by atoms with van der Waals surface area (Å²) in [6.45, 7) is 3.22. The number of rotatable bonds is 6. The minimum Gasteiger partial charge on any atom is -0.387 e. The van der Waals surface area contributed by atoms with Gasteiger partial charge in [-0.3, -0.25) is 0 Å². The maximum absolute atomic E-state index is 11.9. The molecular weight excluding hydrogens is 242 g/mol. The lowest BCUT2D eigenvalue weighted by Gasteiger charge is -2.28. The van der Waals surface area contributed by atoms with E-state index in [0.717, 1.165) is 12.8 Å². The lowest BCUT2D eigenvalue weighted by molar-refractivity contribution is 0.0383. The van der Waals surface area contributed by atoms with E-state index in [0.29, 0.717) is 19.6 Å². The zero-order chi connectivity index (χ0) is 13.1. The number of nitrogens with zero attached hydrogens (tertiary/aromatic N) is 2. The molecule has 17 heavy (non-hydrogen) atoms. The SMILES string of the molecule is CN(C)CC(C)(O)CNS(=O)(=O)N1CCCC1. The molecule has 0 saturated carbocycles. The molecule has 7 heteroatoms. The molecule has 0 bridgehead atoms. The third-order valence-corrected chi connectivity index (χ3v) is 4.25. The summed E-state index contributed by atoms with van der Waals surface area (Å²) < 4.78 is 27.6. The Morgan fingerprint density at radius 3 is 2.35 bits per heavy atom. The van der Waals surface area contributed by atoms with E-state index < -0.39 is 15.8 Å². The van der Waals surface area contributed by atoms with Gasteiger partial charge >= 0.3 is 0 Å². The molecule has 1 fully saturated rings. The molecule has 1 aliphatic rings. The van der Waals surface area contributed by atoms with Gasteiger partial charge in [-0.15, -0.1) is 0 Å². The first-order valence-electron chi connectivity index (χ1n) is 5.85. The van der Waals surface area contributed by atoms with Gasteiger partial charge in [-0.05, 0) is 33.9 Å². The Hall–Kier alpha value is -0.210. The molecule has 0 amide bonds. The molecule has 1 unspecified atom stereocenters. The first-order chi connectivity index (χ1) is 7.73. The average molecular weight is 265 g/mol. The van der Waals surface area contributed by atoms with E-state index in [1.807, 2.05) is 19.0 Å². The third kappa shape index (κ3) is 4.89. The molecule has 6 nitrogen and oxygen atoms in total. The highest BCUT2D eigenvalue weighted by Crippen LogP contribution is 2.12. The molecule has 0 aromatic rings. The fourth-order valence-electron chi connectivity index (χ4n) is 2.00. The molecule has 0 radical (unpaired) electrons. The average Bonchev–Trinajstić information content (AvgIpc) is 2.66. The van der Waals surface area contributed by atoms with Crippen LogP contribution in [0.5, 0.6) is 0 Å². The summed E-state index contributed by atoms with van der Waals surface area (Å²) in [5.41, 5.74) is -1.06. The summed E-state index contributed by atoms with van der Waals surface area (Å²) in [4.78, 5) is 1.82. The van der Waals surface area contributed by atoms with Crippen molar-refractivity contribution in [1.29, 1.82) is 0 Å². The minimum absolute atomic E-state index is 0.0318. The van der Waals surface area contributed by atoms with Crippen LogP contribution in [0.15, 0.2) is 0 Å². The zero-order valence-corrected chi connectivity index (χ0v) is 11.6. The van der Waals surface area contributed by atoms with Gasteiger partial charge in [-0.2, -0.15) is 17.4 Å². The molecular formula is C10H23N3O3S. The number of nitrogens with one attached hydrogen (secondary N) is 1. The standard InChI is InChI=1S/C10H23N3O3S/c1-10(14,9-12(2)3)8-11-17(15,16)13-6-4-5-7-13/h11,14H,4-9H2,1-3H3. The summed E-state index contributed by atoms with van der Waals surface area (Å²) >= 11 is 0. The Kier molecular flexibility index (Phi) is 4.91. The number of aliphatic hydroxyl groups is 1.